The maximum absolute atomic E-state index is 5.49. The van der Waals surface area contributed by atoms with E-state index in [1.807, 2.05) is 25.1 Å². The van der Waals surface area contributed by atoms with Gasteiger partial charge in [0.1, 0.15) is 0 Å². The van der Waals surface area contributed by atoms with Crippen LogP contribution in [-0.4, -0.2) is 47.0 Å². The number of nitrogens with one attached hydrogen (secondary N) is 2. The first-order chi connectivity index (χ1) is 10.2. The van der Waals surface area contributed by atoms with Gasteiger partial charge in [0.25, 0.3) is 0 Å². The number of anilines is 1. The number of methoxy groups -OCH3 is 2. The number of hydrogen-bond donors (Lipinski definition) is 2. The largest absolute Gasteiger partial charge is 0.493 e. The Bertz CT molecular complexity index is 450. The van der Waals surface area contributed by atoms with Crippen LogP contribution in [0.4, 0.5) is 5.69 Å². The summed E-state index contributed by atoms with van der Waals surface area (Å²) in [5.74, 6) is 2.13. The number of benzene rings is 1. The van der Waals surface area contributed by atoms with Crippen LogP contribution in [0, 0.1) is 0 Å². The van der Waals surface area contributed by atoms with Crippen molar-refractivity contribution in [2.24, 2.45) is 4.99 Å². The van der Waals surface area contributed by atoms with Crippen LogP contribution in [0.2, 0.25) is 0 Å². The SMILES string of the molecule is CCOc1ccc(NC(=NC)NCCCOC)cc1OC. The van der Waals surface area contributed by atoms with E-state index < -0.39 is 0 Å². The van der Waals surface area contributed by atoms with E-state index in [-0.39, 0.29) is 0 Å². The molecule has 0 aliphatic carbocycles. The van der Waals surface area contributed by atoms with Crippen molar-refractivity contribution in [1.29, 1.82) is 0 Å². The van der Waals surface area contributed by atoms with Crippen LogP contribution in [0.3, 0.4) is 0 Å². The molecule has 0 atom stereocenters. The Morgan fingerprint density at radius 3 is 2.67 bits per heavy atom. The van der Waals surface area contributed by atoms with Crippen molar-refractivity contribution in [3.05, 3.63) is 18.2 Å². The van der Waals surface area contributed by atoms with E-state index in [2.05, 4.69) is 15.6 Å². The average Bonchev–Trinajstić information content (AvgIpc) is 2.51. The van der Waals surface area contributed by atoms with Crippen LogP contribution in [0.15, 0.2) is 23.2 Å². The van der Waals surface area contributed by atoms with Crippen LogP contribution >= 0.6 is 0 Å². The molecule has 0 spiro atoms. The van der Waals surface area contributed by atoms with Gasteiger partial charge in [0.15, 0.2) is 17.5 Å². The fourth-order valence-corrected chi connectivity index (χ4v) is 1.76. The predicted molar refractivity (Wildman–Crippen MR) is 85.6 cm³/mol. The molecule has 0 unspecified atom stereocenters. The van der Waals surface area contributed by atoms with Crippen LogP contribution in [0.25, 0.3) is 0 Å². The highest BCUT2D eigenvalue weighted by atomic mass is 16.5. The van der Waals surface area contributed by atoms with E-state index in [4.69, 9.17) is 14.2 Å². The maximum Gasteiger partial charge on any atom is 0.195 e. The molecule has 2 N–H and O–H groups in total. The lowest BCUT2D eigenvalue weighted by Gasteiger charge is -2.14. The highest BCUT2D eigenvalue weighted by molar-refractivity contribution is 5.93. The highest BCUT2D eigenvalue weighted by Crippen LogP contribution is 2.30. The summed E-state index contributed by atoms with van der Waals surface area (Å²) in [6, 6.07) is 5.69. The summed E-state index contributed by atoms with van der Waals surface area (Å²) in [4.78, 5) is 4.18. The number of nitrogens with zero attached hydrogens (tertiary/aromatic N) is 1. The molecule has 1 aromatic rings. The Labute approximate surface area is 126 Å². The molecule has 0 aliphatic heterocycles. The summed E-state index contributed by atoms with van der Waals surface area (Å²) in [7, 11) is 5.05. The van der Waals surface area contributed by atoms with E-state index in [0.717, 1.165) is 31.0 Å². The minimum atomic E-state index is 0.603. The molecule has 21 heavy (non-hydrogen) atoms. The van der Waals surface area contributed by atoms with Crippen LogP contribution in [0.1, 0.15) is 13.3 Å². The average molecular weight is 295 g/mol. The molecule has 1 rings (SSSR count). The van der Waals surface area contributed by atoms with Crippen molar-refractivity contribution in [2.45, 2.75) is 13.3 Å². The molecule has 0 aliphatic rings. The molecule has 0 bridgehead atoms. The molecule has 6 heteroatoms. The Balaban J connectivity index is 2.63. The smallest absolute Gasteiger partial charge is 0.195 e. The highest BCUT2D eigenvalue weighted by Gasteiger charge is 2.06. The molecule has 0 saturated carbocycles. The standard InChI is InChI=1S/C15H25N3O3/c1-5-21-13-8-7-12(11-14(13)20-4)18-15(16-2)17-9-6-10-19-3/h7-8,11H,5-6,9-10H2,1-4H3,(H2,16,17,18). The number of guanidine groups is 1. The van der Waals surface area contributed by atoms with Gasteiger partial charge in [-0.1, -0.05) is 0 Å². The number of rotatable bonds is 8. The second-order valence-corrected chi connectivity index (χ2v) is 4.27. The van der Waals surface area contributed by atoms with Crippen molar-refractivity contribution in [3.63, 3.8) is 0 Å². The minimum Gasteiger partial charge on any atom is -0.493 e. The fourth-order valence-electron chi connectivity index (χ4n) is 1.76. The van der Waals surface area contributed by atoms with Crippen molar-refractivity contribution < 1.29 is 14.2 Å². The van der Waals surface area contributed by atoms with E-state index in [1.54, 1.807) is 21.3 Å². The third kappa shape index (κ3) is 5.91. The summed E-state index contributed by atoms with van der Waals surface area (Å²) in [5.41, 5.74) is 0.884. The lowest BCUT2D eigenvalue weighted by Crippen LogP contribution is -2.31. The molecule has 118 valence electrons. The summed E-state index contributed by atoms with van der Waals surface area (Å²) in [6.45, 7) is 4.06. The molecule has 0 heterocycles. The van der Waals surface area contributed by atoms with Gasteiger partial charge in [-0.3, -0.25) is 4.99 Å². The number of aliphatic imine (C=N–C) groups is 1. The number of ether oxygens (including phenoxy) is 3. The van der Waals surface area contributed by atoms with Gasteiger partial charge in [0.2, 0.25) is 0 Å². The topological polar surface area (TPSA) is 64.1 Å². The van der Waals surface area contributed by atoms with E-state index in [0.29, 0.717) is 18.3 Å². The van der Waals surface area contributed by atoms with E-state index in [1.165, 1.54) is 0 Å². The van der Waals surface area contributed by atoms with Gasteiger partial charge in [-0.15, -0.1) is 0 Å². The fraction of sp³-hybridized carbons (Fsp3) is 0.533. The first kappa shape index (κ1) is 17.1. The Kier molecular flexibility index (Phi) is 8.04. The van der Waals surface area contributed by atoms with Gasteiger partial charge in [-0.25, -0.2) is 0 Å². The van der Waals surface area contributed by atoms with Crippen LogP contribution in [0.5, 0.6) is 11.5 Å². The summed E-state index contributed by atoms with van der Waals surface area (Å²) < 4.78 is 15.8. The lowest BCUT2D eigenvalue weighted by molar-refractivity contribution is 0.195. The van der Waals surface area contributed by atoms with Gasteiger partial charge in [-0.05, 0) is 25.5 Å². The number of hydrogen-bond acceptors (Lipinski definition) is 4. The third-order valence-electron chi connectivity index (χ3n) is 2.77. The van der Waals surface area contributed by atoms with Crippen LogP contribution in [-0.2, 0) is 4.74 Å². The van der Waals surface area contributed by atoms with Crippen molar-refractivity contribution in [2.75, 3.05) is 46.3 Å². The maximum atomic E-state index is 5.49. The van der Waals surface area contributed by atoms with E-state index in [9.17, 15) is 0 Å². The van der Waals surface area contributed by atoms with Crippen molar-refractivity contribution in [1.82, 2.24) is 5.32 Å². The van der Waals surface area contributed by atoms with Gasteiger partial charge in [0, 0.05) is 39.1 Å². The zero-order valence-electron chi connectivity index (χ0n) is 13.2. The Hall–Kier alpha value is -1.95. The second-order valence-electron chi connectivity index (χ2n) is 4.27. The zero-order chi connectivity index (χ0) is 15.5. The normalized spacial score (nSPS) is 11.1. The zero-order valence-corrected chi connectivity index (χ0v) is 13.2. The molecule has 0 saturated heterocycles. The molecule has 0 radical (unpaired) electrons. The monoisotopic (exact) mass is 295 g/mol. The van der Waals surface area contributed by atoms with Gasteiger partial charge >= 0.3 is 0 Å². The summed E-state index contributed by atoms with van der Waals surface area (Å²) in [5, 5.41) is 6.43. The molecular formula is C15H25N3O3. The first-order valence-corrected chi connectivity index (χ1v) is 7.02. The van der Waals surface area contributed by atoms with Gasteiger partial charge in [0.05, 0.1) is 13.7 Å². The molecule has 6 nitrogen and oxygen atoms in total. The lowest BCUT2D eigenvalue weighted by atomic mass is 10.2. The molecule has 0 amide bonds. The van der Waals surface area contributed by atoms with Crippen molar-refractivity contribution in [3.8, 4) is 11.5 Å². The van der Waals surface area contributed by atoms with Gasteiger partial charge < -0.3 is 24.8 Å². The molecule has 0 aromatic heterocycles. The molecular weight excluding hydrogens is 270 g/mol. The molecule has 0 fully saturated rings. The predicted octanol–water partition coefficient (Wildman–Crippen LogP) is 2.12. The van der Waals surface area contributed by atoms with Gasteiger partial charge in [-0.2, -0.15) is 0 Å². The van der Waals surface area contributed by atoms with Crippen LogP contribution < -0.4 is 20.1 Å². The molecule has 1 aromatic carbocycles. The van der Waals surface area contributed by atoms with E-state index >= 15 is 0 Å². The Morgan fingerprint density at radius 1 is 1.24 bits per heavy atom. The third-order valence-corrected chi connectivity index (χ3v) is 2.77. The summed E-state index contributed by atoms with van der Waals surface area (Å²) >= 11 is 0. The first-order valence-electron chi connectivity index (χ1n) is 7.02. The second kappa shape index (κ2) is 9.88. The minimum absolute atomic E-state index is 0.603. The summed E-state index contributed by atoms with van der Waals surface area (Å²) in [6.07, 6.45) is 0.920. The van der Waals surface area contributed by atoms with Crippen molar-refractivity contribution >= 4 is 11.6 Å². The quantitative estimate of drug-likeness (QED) is 0.437. The Morgan fingerprint density at radius 2 is 2.05 bits per heavy atom.